The first kappa shape index (κ1) is 12.6. The SMILES string of the molecule is Cc1cccc(COc2ccc(CO)cc2F)c1. The van der Waals surface area contributed by atoms with Gasteiger partial charge in [0, 0.05) is 0 Å². The zero-order valence-electron chi connectivity index (χ0n) is 10.2. The van der Waals surface area contributed by atoms with Crippen LogP contribution in [-0.4, -0.2) is 5.11 Å². The van der Waals surface area contributed by atoms with E-state index in [1.54, 1.807) is 6.07 Å². The molecule has 3 heteroatoms. The summed E-state index contributed by atoms with van der Waals surface area (Å²) in [6.45, 7) is 2.16. The largest absolute Gasteiger partial charge is 0.486 e. The van der Waals surface area contributed by atoms with E-state index in [0.717, 1.165) is 11.1 Å². The van der Waals surface area contributed by atoms with Gasteiger partial charge in [-0.15, -0.1) is 0 Å². The fraction of sp³-hybridized carbons (Fsp3) is 0.200. The highest BCUT2D eigenvalue weighted by Crippen LogP contribution is 2.19. The normalized spacial score (nSPS) is 10.4. The molecule has 0 saturated heterocycles. The number of aliphatic hydroxyl groups excluding tert-OH is 1. The van der Waals surface area contributed by atoms with Gasteiger partial charge in [0.1, 0.15) is 6.61 Å². The second kappa shape index (κ2) is 5.65. The molecule has 1 N–H and O–H groups in total. The van der Waals surface area contributed by atoms with Crippen molar-refractivity contribution in [3.8, 4) is 5.75 Å². The maximum atomic E-state index is 13.6. The molecule has 94 valence electrons. The quantitative estimate of drug-likeness (QED) is 0.897. The predicted molar refractivity (Wildman–Crippen MR) is 67.8 cm³/mol. The average Bonchev–Trinajstić information content (AvgIpc) is 2.37. The lowest BCUT2D eigenvalue weighted by molar-refractivity contribution is 0.276. The summed E-state index contributed by atoms with van der Waals surface area (Å²) in [6, 6.07) is 12.4. The molecule has 0 fully saturated rings. The fourth-order valence-corrected chi connectivity index (χ4v) is 1.72. The Labute approximate surface area is 106 Å². The Kier molecular flexibility index (Phi) is 3.95. The predicted octanol–water partition coefficient (Wildman–Crippen LogP) is 3.21. The van der Waals surface area contributed by atoms with Crippen molar-refractivity contribution in [2.75, 3.05) is 0 Å². The van der Waals surface area contributed by atoms with Gasteiger partial charge in [0.25, 0.3) is 0 Å². The summed E-state index contributed by atoms with van der Waals surface area (Å²) in [5.74, 6) is -0.247. The Hall–Kier alpha value is -1.87. The molecule has 0 aliphatic heterocycles. The summed E-state index contributed by atoms with van der Waals surface area (Å²) in [5, 5.41) is 8.88. The fourth-order valence-electron chi connectivity index (χ4n) is 1.72. The molecule has 0 bridgehead atoms. The minimum absolute atomic E-state index is 0.172. The number of aryl methyl sites for hydroxylation is 1. The third kappa shape index (κ3) is 3.08. The summed E-state index contributed by atoms with van der Waals surface area (Å²) < 4.78 is 19.0. The lowest BCUT2D eigenvalue weighted by Crippen LogP contribution is -1.98. The third-order valence-corrected chi connectivity index (χ3v) is 2.66. The maximum absolute atomic E-state index is 13.6. The van der Waals surface area contributed by atoms with Crippen molar-refractivity contribution in [2.24, 2.45) is 0 Å². The van der Waals surface area contributed by atoms with Gasteiger partial charge in [-0.3, -0.25) is 0 Å². The van der Waals surface area contributed by atoms with Gasteiger partial charge in [0.2, 0.25) is 0 Å². The van der Waals surface area contributed by atoms with Crippen LogP contribution in [0.4, 0.5) is 4.39 Å². The topological polar surface area (TPSA) is 29.5 Å². The minimum atomic E-state index is -0.450. The van der Waals surface area contributed by atoms with Gasteiger partial charge in [-0.2, -0.15) is 0 Å². The van der Waals surface area contributed by atoms with Crippen LogP contribution in [0.2, 0.25) is 0 Å². The summed E-state index contributed by atoms with van der Waals surface area (Å²) in [6.07, 6.45) is 0. The van der Waals surface area contributed by atoms with Gasteiger partial charge in [0.15, 0.2) is 11.6 Å². The van der Waals surface area contributed by atoms with Gasteiger partial charge >= 0.3 is 0 Å². The first-order valence-electron chi connectivity index (χ1n) is 5.76. The Bertz CT molecular complexity index is 538. The Balaban J connectivity index is 2.06. The van der Waals surface area contributed by atoms with Gasteiger partial charge in [0.05, 0.1) is 6.61 Å². The van der Waals surface area contributed by atoms with Crippen LogP contribution >= 0.6 is 0 Å². The lowest BCUT2D eigenvalue weighted by Gasteiger charge is -2.08. The van der Waals surface area contributed by atoms with Crippen LogP contribution in [0.25, 0.3) is 0 Å². The highest BCUT2D eigenvalue weighted by Gasteiger charge is 2.04. The maximum Gasteiger partial charge on any atom is 0.165 e. The molecule has 0 atom stereocenters. The number of halogens is 1. The number of ether oxygens (including phenoxy) is 1. The van der Waals surface area contributed by atoms with E-state index in [-0.39, 0.29) is 12.4 Å². The molecule has 2 rings (SSSR count). The summed E-state index contributed by atoms with van der Waals surface area (Å²) in [4.78, 5) is 0. The van der Waals surface area contributed by atoms with E-state index in [9.17, 15) is 4.39 Å². The zero-order chi connectivity index (χ0) is 13.0. The molecule has 18 heavy (non-hydrogen) atoms. The highest BCUT2D eigenvalue weighted by atomic mass is 19.1. The van der Waals surface area contributed by atoms with Crippen LogP contribution in [0.3, 0.4) is 0 Å². The number of benzene rings is 2. The molecule has 0 heterocycles. The Morgan fingerprint density at radius 1 is 1.11 bits per heavy atom. The molecule has 0 amide bonds. The van der Waals surface area contributed by atoms with E-state index >= 15 is 0 Å². The van der Waals surface area contributed by atoms with Crippen LogP contribution in [0.5, 0.6) is 5.75 Å². The molecule has 0 aliphatic rings. The van der Waals surface area contributed by atoms with Crippen molar-refractivity contribution in [3.63, 3.8) is 0 Å². The van der Waals surface area contributed by atoms with Crippen LogP contribution < -0.4 is 4.74 Å². The van der Waals surface area contributed by atoms with Crippen molar-refractivity contribution < 1.29 is 14.2 Å². The summed E-state index contributed by atoms with van der Waals surface area (Å²) in [5.41, 5.74) is 2.68. The van der Waals surface area contributed by atoms with Crippen molar-refractivity contribution >= 4 is 0 Å². The molecule has 0 aliphatic carbocycles. The van der Waals surface area contributed by atoms with E-state index < -0.39 is 5.82 Å². The first-order chi connectivity index (χ1) is 8.69. The molecule has 0 aromatic heterocycles. The Morgan fingerprint density at radius 2 is 1.94 bits per heavy atom. The monoisotopic (exact) mass is 246 g/mol. The average molecular weight is 246 g/mol. The molecule has 0 saturated carbocycles. The van der Waals surface area contributed by atoms with Gasteiger partial charge in [-0.1, -0.05) is 35.9 Å². The third-order valence-electron chi connectivity index (χ3n) is 2.66. The van der Waals surface area contributed by atoms with Gasteiger partial charge in [-0.25, -0.2) is 4.39 Å². The molecule has 0 radical (unpaired) electrons. The molecule has 2 aromatic rings. The molecule has 2 aromatic carbocycles. The molecular formula is C15H15FO2. The second-order valence-electron chi connectivity index (χ2n) is 4.20. The van der Waals surface area contributed by atoms with Crippen LogP contribution in [0.15, 0.2) is 42.5 Å². The molecule has 0 spiro atoms. The smallest absolute Gasteiger partial charge is 0.165 e. The van der Waals surface area contributed by atoms with E-state index in [4.69, 9.17) is 9.84 Å². The summed E-state index contributed by atoms with van der Waals surface area (Å²) in [7, 11) is 0. The van der Waals surface area contributed by atoms with Crippen molar-refractivity contribution in [1.82, 2.24) is 0 Å². The number of aliphatic hydroxyl groups is 1. The Morgan fingerprint density at radius 3 is 2.61 bits per heavy atom. The lowest BCUT2D eigenvalue weighted by atomic mass is 10.1. The number of hydrogen-bond donors (Lipinski definition) is 1. The number of hydrogen-bond acceptors (Lipinski definition) is 2. The van der Waals surface area contributed by atoms with Crippen molar-refractivity contribution in [1.29, 1.82) is 0 Å². The van der Waals surface area contributed by atoms with E-state index in [1.807, 2.05) is 31.2 Å². The van der Waals surface area contributed by atoms with Gasteiger partial charge < -0.3 is 9.84 Å². The zero-order valence-corrected chi connectivity index (χ0v) is 10.2. The molecular weight excluding hydrogens is 231 g/mol. The first-order valence-corrected chi connectivity index (χ1v) is 5.76. The van der Waals surface area contributed by atoms with Crippen LogP contribution in [0.1, 0.15) is 16.7 Å². The molecule has 2 nitrogen and oxygen atoms in total. The van der Waals surface area contributed by atoms with Crippen LogP contribution in [0, 0.1) is 12.7 Å². The van der Waals surface area contributed by atoms with E-state index in [2.05, 4.69) is 0 Å². The second-order valence-corrected chi connectivity index (χ2v) is 4.20. The summed E-state index contributed by atoms with van der Waals surface area (Å²) >= 11 is 0. The van der Waals surface area contributed by atoms with E-state index in [1.165, 1.54) is 12.1 Å². The van der Waals surface area contributed by atoms with Gasteiger partial charge in [-0.05, 0) is 30.2 Å². The molecule has 0 unspecified atom stereocenters. The van der Waals surface area contributed by atoms with E-state index in [0.29, 0.717) is 12.2 Å². The van der Waals surface area contributed by atoms with Crippen molar-refractivity contribution in [2.45, 2.75) is 20.1 Å². The number of rotatable bonds is 4. The standard InChI is InChI=1S/C15H15FO2/c1-11-3-2-4-13(7-11)10-18-15-6-5-12(9-17)8-14(15)16/h2-8,17H,9-10H2,1H3. The highest BCUT2D eigenvalue weighted by molar-refractivity contribution is 5.29. The van der Waals surface area contributed by atoms with Crippen LogP contribution in [-0.2, 0) is 13.2 Å². The van der Waals surface area contributed by atoms with Crippen molar-refractivity contribution in [3.05, 3.63) is 65.0 Å². The minimum Gasteiger partial charge on any atom is -0.486 e.